The summed E-state index contributed by atoms with van der Waals surface area (Å²) in [5.41, 5.74) is 6.73. The van der Waals surface area contributed by atoms with Gasteiger partial charge in [0.2, 0.25) is 17.4 Å². The van der Waals surface area contributed by atoms with E-state index in [-0.39, 0.29) is 35.0 Å². The molecule has 2 aromatic heterocycles. The van der Waals surface area contributed by atoms with Crippen molar-refractivity contribution in [2.75, 3.05) is 25.9 Å². The smallest absolute Gasteiger partial charge is 0.309 e. The minimum Gasteiger partial charge on any atom is -0.451 e. The van der Waals surface area contributed by atoms with Crippen LogP contribution >= 0.6 is 0 Å². The van der Waals surface area contributed by atoms with Crippen molar-refractivity contribution in [3.05, 3.63) is 94.9 Å². The van der Waals surface area contributed by atoms with E-state index in [1.54, 1.807) is 11.8 Å². The predicted molar refractivity (Wildman–Crippen MR) is 153 cm³/mol. The minimum atomic E-state index is -1.74. The highest BCUT2D eigenvalue weighted by Crippen LogP contribution is 2.32. The summed E-state index contributed by atoms with van der Waals surface area (Å²) >= 11 is 0. The number of hydrogen-bond acceptors (Lipinski definition) is 8. The van der Waals surface area contributed by atoms with Crippen LogP contribution in [-0.2, 0) is 0 Å². The fourth-order valence-electron chi connectivity index (χ4n) is 4.25. The Morgan fingerprint density at radius 2 is 1.73 bits per heavy atom. The number of nitrogens with two attached hydrogens (primary N) is 1. The van der Waals surface area contributed by atoms with Gasteiger partial charge in [-0.2, -0.15) is 8.78 Å². The Bertz CT molecular complexity index is 1590. The summed E-state index contributed by atoms with van der Waals surface area (Å²) in [6.07, 6.45) is 5.24. The van der Waals surface area contributed by atoms with Gasteiger partial charge in [0.15, 0.2) is 11.6 Å². The van der Waals surface area contributed by atoms with Gasteiger partial charge in [0, 0.05) is 37.8 Å². The van der Waals surface area contributed by atoms with Crippen LogP contribution in [0.5, 0.6) is 11.5 Å². The van der Waals surface area contributed by atoms with Crippen molar-refractivity contribution in [2.45, 2.75) is 34.1 Å². The molecule has 1 amide bonds. The molecule has 0 aliphatic carbocycles. The van der Waals surface area contributed by atoms with Crippen molar-refractivity contribution >= 4 is 17.4 Å². The van der Waals surface area contributed by atoms with Crippen LogP contribution in [0.3, 0.4) is 0 Å². The molecule has 2 N–H and O–H groups in total. The number of aromatic nitrogens is 3. The Labute approximate surface area is 250 Å². The van der Waals surface area contributed by atoms with Crippen LogP contribution in [-0.4, -0.2) is 51.6 Å². The van der Waals surface area contributed by atoms with Crippen LogP contribution in [0.15, 0.2) is 52.5 Å². The standard InChI is InChI=1S/C19H13F5N4O.C9H12N2O2.C2H6/c1-8-14(19(25)28-7-27-8)17(26-2)10-4-3-9(5-11(10)20)29-18-15(23)12(21)6-13(22)16(18)24;1-7-2-4-11(6-7)9(12)8-10-3-5-13-8;1-2/h3-7H,1-2H3,(H2,25,27,28);3,5,7H,2,4,6H2,1H3;1-2H3. The Morgan fingerprint density at radius 1 is 1.05 bits per heavy atom. The zero-order valence-electron chi connectivity index (χ0n) is 24.7. The summed E-state index contributed by atoms with van der Waals surface area (Å²) in [5.74, 6) is -8.59. The van der Waals surface area contributed by atoms with Crippen molar-refractivity contribution < 1.29 is 35.9 Å². The van der Waals surface area contributed by atoms with Crippen LogP contribution in [0.2, 0.25) is 0 Å². The molecule has 0 bridgehead atoms. The molecule has 1 unspecified atom stereocenters. The van der Waals surface area contributed by atoms with E-state index in [0.29, 0.717) is 17.2 Å². The normalized spacial score (nSPS) is 14.4. The topological polar surface area (TPSA) is 120 Å². The molecule has 0 radical (unpaired) electrons. The van der Waals surface area contributed by atoms with Gasteiger partial charge in [0.05, 0.1) is 23.2 Å². The maximum atomic E-state index is 14.7. The largest absolute Gasteiger partial charge is 0.451 e. The first kappa shape index (κ1) is 33.6. The number of benzene rings is 2. The van der Waals surface area contributed by atoms with Crippen molar-refractivity contribution in [3.8, 4) is 11.5 Å². The number of aliphatic imine (C=N–C) groups is 1. The maximum absolute atomic E-state index is 14.7. The molecule has 1 atom stereocenters. The second kappa shape index (κ2) is 15.0. The highest BCUT2D eigenvalue weighted by atomic mass is 19.2. The van der Waals surface area contributed by atoms with Crippen molar-refractivity contribution in [1.82, 2.24) is 19.9 Å². The molecule has 1 fully saturated rings. The number of hydrogen-bond donors (Lipinski definition) is 1. The number of carbonyl (C=O) groups is 1. The van der Waals surface area contributed by atoms with Crippen LogP contribution in [0, 0.1) is 41.9 Å². The van der Waals surface area contributed by atoms with E-state index in [4.69, 9.17) is 14.9 Å². The Morgan fingerprint density at radius 3 is 2.25 bits per heavy atom. The van der Waals surface area contributed by atoms with E-state index in [1.807, 2.05) is 13.8 Å². The molecule has 5 rings (SSSR count). The van der Waals surface area contributed by atoms with E-state index in [1.165, 1.54) is 31.9 Å². The Balaban J connectivity index is 0.000000292. The average molecular weight is 619 g/mol. The molecule has 14 heteroatoms. The number of nitrogens with zero attached hydrogens (tertiary/aromatic N) is 5. The van der Waals surface area contributed by atoms with E-state index >= 15 is 0 Å². The first-order valence-corrected chi connectivity index (χ1v) is 13.6. The lowest BCUT2D eigenvalue weighted by atomic mass is 10.0. The molecule has 1 saturated heterocycles. The number of nitrogen functional groups attached to an aromatic ring is 1. The summed E-state index contributed by atoms with van der Waals surface area (Å²) in [6.45, 7) is 9.42. The molecule has 3 heterocycles. The van der Waals surface area contributed by atoms with E-state index < -0.39 is 40.6 Å². The van der Waals surface area contributed by atoms with Crippen LogP contribution in [0.25, 0.3) is 0 Å². The van der Waals surface area contributed by atoms with Gasteiger partial charge >= 0.3 is 5.91 Å². The number of ether oxygens (including phenoxy) is 1. The molecule has 9 nitrogen and oxygen atoms in total. The molecule has 234 valence electrons. The third-order valence-corrected chi connectivity index (χ3v) is 6.34. The zero-order valence-corrected chi connectivity index (χ0v) is 24.7. The third kappa shape index (κ3) is 7.54. The fourth-order valence-corrected chi connectivity index (χ4v) is 4.25. The van der Waals surface area contributed by atoms with E-state index in [9.17, 15) is 26.7 Å². The van der Waals surface area contributed by atoms with Gasteiger partial charge in [0.25, 0.3) is 5.89 Å². The first-order valence-electron chi connectivity index (χ1n) is 13.6. The van der Waals surface area contributed by atoms with Crippen LogP contribution in [0.4, 0.5) is 27.8 Å². The highest BCUT2D eigenvalue weighted by molar-refractivity contribution is 6.16. The van der Waals surface area contributed by atoms with Crippen molar-refractivity contribution in [2.24, 2.45) is 10.9 Å². The monoisotopic (exact) mass is 618 g/mol. The minimum absolute atomic E-state index is 0.0178. The molecule has 1 aliphatic heterocycles. The lowest BCUT2D eigenvalue weighted by Gasteiger charge is -2.13. The molecule has 44 heavy (non-hydrogen) atoms. The number of anilines is 1. The predicted octanol–water partition coefficient (Wildman–Crippen LogP) is 6.51. The van der Waals surface area contributed by atoms with Crippen molar-refractivity contribution in [3.63, 3.8) is 0 Å². The van der Waals surface area contributed by atoms with Gasteiger partial charge in [-0.05, 0) is 31.4 Å². The highest BCUT2D eigenvalue weighted by Gasteiger charge is 2.26. The number of amides is 1. The Kier molecular flexibility index (Phi) is 11.5. The van der Waals surface area contributed by atoms with E-state index in [0.717, 1.165) is 31.6 Å². The third-order valence-electron chi connectivity index (χ3n) is 6.34. The SMILES string of the molecule is CC.CC1CCN(C(=O)c2ncco2)C1.CN=C(c1ccc(Oc2c(F)c(F)cc(F)c2F)cc1F)c1c(C)ncnc1N. The van der Waals surface area contributed by atoms with Gasteiger partial charge in [-0.15, -0.1) is 0 Å². The number of halogens is 5. The van der Waals surface area contributed by atoms with Gasteiger partial charge < -0.3 is 19.8 Å². The summed E-state index contributed by atoms with van der Waals surface area (Å²) in [6, 6.07) is 3.20. The molecule has 1 aliphatic rings. The summed E-state index contributed by atoms with van der Waals surface area (Å²) < 4.78 is 78.6. The second-order valence-electron chi connectivity index (χ2n) is 9.31. The molecular formula is C30H31F5N6O3. The fraction of sp³-hybridized carbons (Fsp3) is 0.300. The number of rotatable bonds is 5. The molecule has 0 saturated carbocycles. The molecule has 2 aromatic carbocycles. The lowest BCUT2D eigenvalue weighted by Crippen LogP contribution is -2.28. The number of likely N-dealkylation sites (tertiary alicyclic amines) is 1. The number of carbonyl (C=O) groups excluding carboxylic acids is 1. The number of aryl methyl sites for hydroxylation is 1. The summed E-state index contributed by atoms with van der Waals surface area (Å²) in [4.78, 5) is 29.1. The number of oxazole rings is 1. The lowest BCUT2D eigenvalue weighted by molar-refractivity contribution is 0.0748. The van der Waals surface area contributed by atoms with Crippen LogP contribution < -0.4 is 10.5 Å². The Hall–Kier alpha value is -4.88. The summed E-state index contributed by atoms with van der Waals surface area (Å²) in [5, 5.41) is 0. The van der Waals surface area contributed by atoms with Gasteiger partial charge in [0.1, 0.15) is 30.0 Å². The van der Waals surface area contributed by atoms with Gasteiger partial charge in [-0.1, -0.05) is 20.8 Å². The average Bonchev–Trinajstić information content (AvgIpc) is 3.70. The quantitative estimate of drug-likeness (QED) is 0.154. The second-order valence-corrected chi connectivity index (χ2v) is 9.31. The van der Waals surface area contributed by atoms with E-state index in [2.05, 4.69) is 26.9 Å². The molecular weight excluding hydrogens is 587 g/mol. The molecule has 0 spiro atoms. The summed E-state index contributed by atoms with van der Waals surface area (Å²) in [7, 11) is 1.41. The molecule has 4 aromatic rings. The van der Waals surface area contributed by atoms with Crippen LogP contribution in [0.1, 0.15) is 54.7 Å². The zero-order chi connectivity index (χ0) is 32.6. The van der Waals surface area contributed by atoms with Crippen molar-refractivity contribution in [1.29, 1.82) is 0 Å². The maximum Gasteiger partial charge on any atom is 0.309 e. The van der Waals surface area contributed by atoms with Gasteiger partial charge in [-0.25, -0.2) is 28.1 Å². The van der Waals surface area contributed by atoms with Gasteiger partial charge in [-0.3, -0.25) is 9.79 Å². The first-order chi connectivity index (χ1) is 21.0.